The molecule has 0 aromatic rings. The molecular weight excluding hydrogens is 236 g/mol. The van der Waals surface area contributed by atoms with Crippen molar-refractivity contribution in [3.05, 3.63) is 0 Å². The highest BCUT2D eigenvalue weighted by molar-refractivity contribution is 4.93. The third kappa shape index (κ3) is 3.93. The zero-order valence-corrected chi connectivity index (χ0v) is 13.2. The molecular formula is C16H32N2O. The van der Waals surface area contributed by atoms with Crippen LogP contribution in [0.15, 0.2) is 0 Å². The van der Waals surface area contributed by atoms with Crippen molar-refractivity contribution in [1.29, 1.82) is 0 Å². The third-order valence-corrected chi connectivity index (χ3v) is 4.79. The molecule has 112 valence electrons. The molecule has 2 fully saturated rings. The zero-order chi connectivity index (χ0) is 13.9. The van der Waals surface area contributed by atoms with Crippen LogP contribution in [-0.4, -0.2) is 48.3 Å². The molecule has 1 N–H and O–H groups in total. The Morgan fingerprint density at radius 1 is 1.32 bits per heavy atom. The van der Waals surface area contributed by atoms with Crippen molar-refractivity contribution in [1.82, 2.24) is 10.2 Å². The van der Waals surface area contributed by atoms with E-state index in [0.29, 0.717) is 12.1 Å². The minimum Gasteiger partial charge on any atom is -0.375 e. The van der Waals surface area contributed by atoms with Gasteiger partial charge in [0.2, 0.25) is 0 Å². The lowest BCUT2D eigenvalue weighted by molar-refractivity contribution is -0.0943. The molecule has 2 aliphatic heterocycles. The van der Waals surface area contributed by atoms with E-state index in [1.165, 1.54) is 45.2 Å². The monoisotopic (exact) mass is 268 g/mol. The normalized spacial score (nSPS) is 36.3. The van der Waals surface area contributed by atoms with Crippen molar-refractivity contribution in [2.75, 3.05) is 19.7 Å². The summed E-state index contributed by atoms with van der Waals surface area (Å²) in [5.41, 5.74) is 0.0618. The smallest absolute Gasteiger partial charge is 0.0641 e. The number of hydrogen-bond acceptors (Lipinski definition) is 3. The van der Waals surface area contributed by atoms with Gasteiger partial charge in [0, 0.05) is 37.8 Å². The first-order chi connectivity index (χ1) is 9.05. The highest BCUT2D eigenvalue weighted by Gasteiger charge is 2.37. The molecule has 3 unspecified atom stereocenters. The number of nitrogens with one attached hydrogen (secondary N) is 1. The van der Waals surface area contributed by atoms with E-state index in [4.69, 9.17) is 4.74 Å². The Bertz CT molecular complexity index is 280. The maximum Gasteiger partial charge on any atom is 0.0641 e. The maximum atomic E-state index is 5.89. The molecule has 3 atom stereocenters. The summed E-state index contributed by atoms with van der Waals surface area (Å²) in [6.45, 7) is 12.4. The van der Waals surface area contributed by atoms with Gasteiger partial charge < -0.3 is 10.1 Å². The highest BCUT2D eigenvalue weighted by Crippen LogP contribution is 2.30. The minimum absolute atomic E-state index is 0.0618. The molecule has 3 heteroatoms. The average molecular weight is 268 g/mol. The van der Waals surface area contributed by atoms with E-state index in [1.54, 1.807) is 0 Å². The molecule has 0 spiro atoms. The Hall–Kier alpha value is -0.120. The summed E-state index contributed by atoms with van der Waals surface area (Å²) in [5.74, 6) is 0. The lowest BCUT2D eigenvalue weighted by Crippen LogP contribution is -2.61. The summed E-state index contributed by atoms with van der Waals surface area (Å²) < 4.78 is 5.89. The van der Waals surface area contributed by atoms with Gasteiger partial charge in [-0.15, -0.1) is 0 Å². The van der Waals surface area contributed by atoms with Gasteiger partial charge in [-0.05, 0) is 39.5 Å². The van der Waals surface area contributed by atoms with E-state index in [0.717, 1.165) is 12.6 Å². The lowest BCUT2D eigenvalue weighted by Gasteiger charge is -2.48. The van der Waals surface area contributed by atoms with Crippen LogP contribution in [-0.2, 0) is 4.74 Å². The standard InChI is InChI=1S/C16H32N2O/c1-5-7-13-12-18(14(6-2)11-17-13)15-8-9-19-16(3,4)10-15/h13-15,17H,5-12H2,1-4H3. The first kappa shape index (κ1) is 15.3. The Kier molecular flexibility index (Phi) is 5.27. The van der Waals surface area contributed by atoms with Crippen LogP contribution in [0.3, 0.4) is 0 Å². The second kappa shape index (κ2) is 6.55. The van der Waals surface area contributed by atoms with Gasteiger partial charge in [-0.3, -0.25) is 4.90 Å². The van der Waals surface area contributed by atoms with Crippen LogP contribution in [0, 0.1) is 0 Å². The number of hydrogen-bond donors (Lipinski definition) is 1. The molecule has 0 aromatic heterocycles. The van der Waals surface area contributed by atoms with Gasteiger partial charge in [0.25, 0.3) is 0 Å². The summed E-state index contributed by atoms with van der Waals surface area (Å²) in [7, 11) is 0. The van der Waals surface area contributed by atoms with Gasteiger partial charge in [-0.25, -0.2) is 0 Å². The molecule has 0 aliphatic carbocycles. The van der Waals surface area contributed by atoms with Gasteiger partial charge in [0.05, 0.1) is 5.60 Å². The van der Waals surface area contributed by atoms with Gasteiger partial charge >= 0.3 is 0 Å². The summed E-state index contributed by atoms with van der Waals surface area (Å²) in [6, 6.07) is 2.13. The summed E-state index contributed by atoms with van der Waals surface area (Å²) in [4.78, 5) is 2.79. The van der Waals surface area contributed by atoms with Gasteiger partial charge in [-0.2, -0.15) is 0 Å². The van der Waals surface area contributed by atoms with Crippen LogP contribution in [0.4, 0.5) is 0 Å². The van der Waals surface area contributed by atoms with E-state index in [-0.39, 0.29) is 5.60 Å². The molecule has 0 bridgehead atoms. The average Bonchev–Trinajstić information content (AvgIpc) is 2.38. The van der Waals surface area contributed by atoms with E-state index in [9.17, 15) is 0 Å². The van der Waals surface area contributed by atoms with Gasteiger partial charge in [0.1, 0.15) is 0 Å². The Balaban J connectivity index is 2.00. The second-order valence-electron chi connectivity index (χ2n) is 6.91. The highest BCUT2D eigenvalue weighted by atomic mass is 16.5. The van der Waals surface area contributed by atoms with Crippen LogP contribution >= 0.6 is 0 Å². The minimum atomic E-state index is 0.0618. The molecule has 0 saturated carbocycles. The molecule has 2 rings (SSSR count). The van der Waals surface area contributed by atoms with Gasteiger partial charge in [0.15, 0.2) is 0 Å². The molecule has 3 nitrogen and oxygen atoms in total. The quantitative estimate of drug-likeness (QED) is 0.848. The van der Waals surface area contributed by atoms with E-state index < -0.39 is 0 Å². The summed E-state index contributed by atoms with van der Waals surface area (Å²) in [6.07, 6.45) is 6.23. The van der Waals surface area contributed by atoms with Crippen molar-refractivity contribution in [3.63, 3.8) is 0 Å². The zero-order valence-electron chi connectivity index (χ0n) is 13.2. The van der Waals surface area contributed by atoms with E-state index in [2.05, 4.69) is 37.9 Å². The first-order valence-electron chi connectivity index (χ1n) is 8.18. The van der Waals surface area contributed by atoms with Crippen LogP contribution in [0.2, 0.25) is 0 Å². The fourth-order valence-corrected chi connectivity index (χ4v) is 3.74. The fourth-order valence-electron chi connectivity index (χ4n) is 3.74. The van der Waals surface area contributed by atoms with Crippen LogP contribution in [0.1, 0.15) is 59.8 Å². The Labute approximate surface area is 119 Å². The molecule has 0 radical (unpaired) electrons. The van der Waals surface area contributed by atoms with Crippen molar-refractivity contribution in [2.45, 2.75) is 83.5 Å². The molecule has 0 aromatic carbocycles. The number of piperazine rings is 1. The van der Waals surface area contributed by atoms with Crippen molar-refractivity contribution in [3.8, 4) is 0 Å². The first-order valence-corrected chi connectivity index (χ1v) is 8.18. The summed E-state index contributed by atoms with van der Waals surface area (Å²) >= 11 is 0. The van der Waals surface area contributed by atoms with Crippen molar-refractivity contribution in [2.24, 2.45) is 0 Å². The number of ether oxygens (including phenoxy) is 1. The number of rotatable bonds is 4. The molecule has 2 heterocycles. The Morgan fingerprint density at radius 2 is 2.11 bits per heavy atom. The molecule has 0 amide bonds. The van der Waals surface area contributed by atoms with E-state index in [1.807, 2.05) is 0 Å². The SMILES string of the molecule is CCCC1CN(C2CCOC(C)(C)C2)C(CC)CN1. The topological polar surface area (TPSA) is 24.5 Å². The van der Waals surface area contributed by atoms with Crippen molar-refractivity contribution >= 4 is 0 Å². The lowest BCUT2D eigenvalue weighted by atomic mass is 9.90. The predicted molar refractivity (Wildman–Crippen MR) is 80.5 cm³/mol. The number of nitrogens with zero attached hydrogens (tertiary/aromatic N) is 1. The van der Waals surface area contributed by atoms with Crippen LogP contribution in [0.5, 0.6) is 0 Å². The second-order valence-corrected chi connectivity index (χ2v) is 6.91. The molecule has 19 heavy (non-hydrogen) atoms. The van der Waals surface area contributed by atoms with Crippen LogP contribution in [0.25, 0.3) is 0 Å². The predicted octanol–water partition coefficient (Wildman–Crippen LogP) is 2.80. The largest absolute Gasteiger partial charge is 0.375 e. The van der Waals surface area contributed by atoms with Gasteiger partial charge in [-0.1, -0.05) is 20.3 Å². The Morgan fingerprint density at radius 3 is 2.74 bits per heavy atom. The molecule has 2 saturated heterocycles. The van der Waals surface area contributed by atoms with Crippen molar-refractivity contribution < 1.29 is 4.74 Å². The maximum absolute atomic E-state index is 5.89. The third-order valence-electron chi connectivity index (χ3n) is 4.79. The fraction of sp³-hybridized carbons (Fsp3) is 1.00. The van der Waals surface area contributed by atoms with E-state index >= 15 is 0 Å². The molecule has 2 aliphatic rings. The van der Waals surface area contributed by atoms with Crippen LogP contribution < -0.4 is 5.32 Å². The summed E-state index contributed by atoms with van der Waals surface area (Å²) in [5, 5.41) is 3.74.